The van der Waals surface area contributed by atoms with Gasteiger partial charge in [-0.1, -0.05) is 29.2 Å². The first-order valence-corrected chi connectivity index (χ1v) is 10.0. The van der Waals surface area contributed by atoms with E-state index < -0.39 is 13.8 Å². The van der Waals surface area contributed by atoms with Gasteiger partial charge in [-0.2, -0.15) is 8.78 Å². The average Bonchev–Trinajstić information content (AvgIpc) is 2.85. The van der Waals surface area contributed by atoms with Gasteiger partial charge in [0, 0.05) is 5.75 Å². The molecule has 1 unspecified atom stereocenters. The molecule has 0 aliphatic carbocycles. The van der Waals surface area contributed by atoms with Crippen molar-refractivity contribution in [2.24, 2.45) is 0 Å². The molecule has 0 radical (unpaired) electrons. The van der Waals surface area contributed by atoms with Gasteiger partial charge < -0.3 is 9.42 Å². The largest absolute Gasteiger partial charge is 0.442 e. The first-order valence-electron chi connectivity index (χ1n) is 5.79. The van der Waals surface area contributed by atoms with E-state index in [-0.39, 0.29) is 5.75 Å². The maximum Gasteiger partial charge on any atom is 0.442 e. The second-order valence-electron chi connectivity index (χ2n) is 4.07. The minimum atomic E-state index is -4.97. The lowest BCUT2D eigenvalue weighted by molar-refractivity contribution is 0.188. The minimum absolute atomic E-state index is 0.105. The number of aromatic nitrogens is 2. The predicted molar refractivity (Wildman–Crippen MR) is 84.8 cm³/mol. The van der Waals surface area contributed by atoms with Gasteiger partial charge in [-0.3, -0.25) is 0 Å². The second kappa shape index (κ2) is 7.35. The Balaban J connectivity index is 2.04. The molecule has 0 saturated carbocycles. The third-order valence-corrected chi connectivity index (χ3v) is 5.96. The van der Waals surface area contributed by atoms with Crippen LogP contribution in [0.25, 0.3) is 0 Å². The number of nitrogens with zero attached hydrogens (tertiary/aromatic N) is 2. The number of thioether (sulfide) groups is 1. The van der Waals surface area contributed by atoms with Crippen molar-refractivity contribution in [1.29, 1.82) is 0 Å². The molecule has 11 heteroatoms. The van der Waals surface area contributed by atoms with E-state index in [4.69, 9.17) is 4.89 Å². The van der Waals surface area contributed by atoms with Crippen LogP contribution in [0.3, 0.4) is 0 Å². The monoisotopic (exact) mass is 430 g/mol. The van der Waals surface area contributed by atoms with Gasteiger partial charge in [0.1, 0.15) is 10.8 Å². The predicted octanol–water partition coefficient (Wildman–Crippen LogP) is 4.69. The van der Waals surface area contributed by atoms with Crippen molar-refractivity contribution in [3.63, 3.8) is 0 Å². The zero-order valence-electron chi connectivity index (χ0n) is 11.1. The van der Waals surface area contributed by atoms with Crippen LogP contribution in [0, 0.1) is 6.92 Å². The molecule has 2 rings (SSSR count). The number of halogens is 3. The number of hydrogen-bond acceptors (Lipinski definition) is 6. The molecule has 120 valence electrons. The van der Waals surface area contributed by atoms with Gasteiger partial charge in [0.25, 0.3) is 0 Å². The Bertz CT molecular complexity index is 716. The van der Waals surface area contributed by atoms with Crippen LogP contribution in [0.1, 0.15) is 10.6 Å². The lowest BCUT2D eigenvalue weighted by Gasteiger charge is -2.14. The molecule has 1 aromatic carbocycles. The zero-order valence-corrected chi connectivity index (χ0v) is 15.2. The van der Waals surface area contributed by atoms with E-state index in [2.05, 4.69) is 30.7 Å². The van der Waals surface area contributed by atoms with Crippen LogP contribution in [0.2, 0.25) is 0 Å². The number of alkyl halides is 2. The smallest absolute Gasteiger partial charge is 0.420 e. The first kappa shape index (κ1) is 17.8. The fourth-order valence-corrected chi connectivity index (χ4v) is 4.28. The summed E-state index contributed by atoms with van der Waals surface area (Å²) in [4.78, 5) is 9.04. The van der Waals surface area contributed by atoms with E-state index in [0.29, 0.717) is 10.2 Å². The topological polar surface area (TPSA) is 72.3 Å². The van der Waals surface area contributed by atoms with E-state index in [9.17, 15) is 13.3 Å². The molecular weight excluding hydrogens is 421 g/mol. The fourth-order valence-electron chi connectivity index (χ4n) is 1.37. The van der Waals surface area contributed by atoms with Gasteiger partial charge in [0.05, 0.1) is 4.47 Å². The van der Waals surface area contributed by atoms with Gasteiger partial charge in [0.15, 0.2) is 4.34 Å². The molecule has 0 amide bonds. The maximum absolute atomic E-state index is 12.4. The summed E-state index contributed by atoms with van der Waals surface area (Å²) in [6, 6.07) is 4.64. The quantitative estimate of drug-likeness (QED) is 0.529. The van der Waals surface area contributed by atoms with Crippen LogP contribution in [0.5, 0.6) is 5.75 Å². The summed E-state index contributed by atoms with van der Waals surface area (Å²) in [5.41, 5.74) is 0.877. The average molecular weight is 431 g/mol. The van der Waals surface area contributed by atoms with Crippen molar-refractivity contribution in [1.82, 2.24) is 10.2 Å². The summed E-state index contributed by atoms with van der Waals surface area (Å²) < 4.78 is 41.5. The van der Waals surface area contributed by atoms with Gasteiger partial charge >= 0.3 is 13.8 Å². The van der Waals surface area contributed by atoms with Crippen molar-refractivity contribution >= 4 is 46.6 Å². The number of aryl methyl sites for hydroxylation is 1. The summed E-state index contributed by atoms with van der Waals surface area (Å²) in [6.45, 7) is 1.86. The molecule has 1 heterocycles. The third kappa shape index (κ3) is 4.73. The molecule has 1 aromatic heterocycles. The van der Waals surface area contributed by atoms with Gasteiger partial charge in [-0.05, 0) is 40.5 Å². The molecule has 5 nitrogen and oxygen atoms in total. The summed E-state index contributed by atoms with van der Waals surface area (Å²) in [7, 11) is -4.97. The Morgan fingerprint density at radius 1 is 1.50 bits per heavy atom. The van der Waals surface area contributed by atoms with Crippen molar-refractivity contribution < 1.29 is 22.8 Å². The van der Waals surface area contributed by atoms with Crippen molar-refractivity contribution in [3.8, 4) is 5.75 Å². The van der Waals surface area contributed by atoms with Crippen LogP contribution in [0.15, 0.2) is 27.0 Å². The summed E-state index contributed by atoms with van der Waals surface area (Å²) in [5, 5.41) is 8.76. The van der Waals surface area contributed by atoms with Crippen LogP contribution in [0.4, 0.5) is 8.78 Å². The van der Waals surface area contributed by atoms with Crippen LogP contribution >= 0.6 is 46.6 Å². The maximum atomic E-state index is 12.4. The molecule has 0 aliphatic rings. The molecule has 0 bridgehead atoms. The highest BCUT2D eigenvalue weighted by Gasteiger charge is 2.34. The highest BCUT2D eigenvalue weighted by Crippen LogP contribution is 2.50. The van der Waals surface area contributed by atoms with Crippen molar-refractivity contribution in [2.45, 2.75) is 23.2 Å². The van der Waals surface area contributed by atoms with E-state index >= 15 is 0 Å². The standard InChI is InChI=1S/C11H10BrF2N2O3PS2/c1-6-15-16-11(22-6)21-5-7-2-3-9(8(12)4-7)19-20(17,18)10(13)14/h2-4,10H,5H2,1H3,(H,17,18). The minimum Gasteiger partial charge on any atom is -0.420 e. The second-order valence-corrected chi connectivity index (χ2v) is 9.03. The van der Waals surface area contributed by atoms with Crippen LogP contribution < -0.4 is 4.52 Å². The van der Waals surface area contributed by atoms with E-state index in [1.807, 2.05) is 6.92 Å². The lowest BCUT2D eigenvalue weighted by atomic mass is 10.2. The molecule has 0 saturated heterocycles. The molecule has 1 N–H and O–H groups in total. The van der Waals surface area contributed by atoms with Gasteiger partial charge in [0.2, 0.25) is 0 Å². The Morgan fingerprint density at radius 2 is 2.23 bits per heavy atom. The Labute approximate surface area is 141 Å². The van der Waals surface area contributed by atoms with Crippen molar-refractivity contribution in [3.05, 3.63) is 33.2 Å². The summed E-state index contributed by atoms with van der Waals surface area (Å²) in [5.74, 6) is 0.491. The summed E-state index contributed by atoms with van der Waals surface area (Å²) >= 11 is 6.11. The number of rotatable bonds is 6. The van der Waals surface area contributed by atoms with E-state index in [1.54, 1.807) is 12.1 Å². The Morgan fingerprint density at radius 3 is 2.77 bits per heavy atom. The molecular formula is C11H10BrF2N2O3PS2. The molecule has 0 spiro atoms. The molecule has 22 heavy (non-hydrogen) atoms. The normalized spacial score (nSPS) is 14.1. The van der Waals surface area contributed by atoms with Gasteiger partial charge in [-0.25, -0.2) is 4.57 Å². The fraction of sp³-hybridized carbons (Fsp3) is 0.273. The molecule has 0 fully saturated rings. The van der Waals surface area contributed by atoms with Crippen molar-refractivity contribution in [2.75, 3.05) is 0 Å². The number of hydrogen-bond donors (Lipinski definition) is 1. The first-order chi connectivity index (χ1) is 10.3. The SMILES string of the molecule is Cc1nnc(SCc2ccc(OP(=O)(O)C(F)F)c(Br)c2)s1. The highest BCUT2D eigenvalue weighted by molar-refractivity contribution is 9.10. The highest BCUT2D eigenvalue weighted by atomic mass is 79.9. The van der Waals surface area contributed by atoms with E-state index in [1.165, 1.54) is 29.2 Å². The van der Waals surface area contributed by atoms with Crippen LogP contribution in [-0.2, 0) is 10.3 Å². The zero-order chi connectivity index (χ0) is 16.3. The lowest BCUT2D eigenvalue weighted by Crippen LogP contribution is -2.01. The molecule has 1 atom stereocenters. The van der Waals surface area contributed by atoms with E-state index in [0.717, 1.165) is 14.9 Å². The molecule has 2 aromatic rings. The van der Waals surface area contributed by atoms with Crippen LogP contribution in [-0.4, -0.2) is 21.3 Å². The number of benzene rings is 1. The Kier molecular flexibility index (Phi) is 5.95. The molecule has 0 aliphatic heterocycles. The Hall–Kier alpha value is -0.540. The summed E-state index contributed by atoms with van der Waals surface area (Å²) in [6.07, 6.45) is -3.45. The van der Waals surface area contributed by atoms with Gasteiger partial charge in [-0.15, -0.1) is 10.2 Å². The third-order valence-electron chi connectivity index (χ3n) is 2.34.